The molecule has 9 heteroatoms. The number of methoxy groups -OCH3 is 1. The van der Waals surface area contributed by atoms with Crippen LogP contribution in [0.3, 0.4) is 0 Å². The molecule has 0 spiro atoms. The molecule has 2 N–H and O–H groups in total. The van der Waals surface area contributed by atoms with Crippen molar-refractivity contribution in [3.8, 4) is 0 Å². The molecule has 0 saturated carbocycles. The minimum atomic E-state index is -0.455. The van der Waals surface area contributed by atoms with Gasteiger partial charge in [0.15, 0.2) is 0 Å². The Morgan fingerprint density at radius 1 is 1.26 bits per heavy atom. The number of rotatable bonds is 5. The van der Waals surface area contributed by atoms with Gasteiger partial charge in [0.2, 0.25) is 5.91 Å². The number of morpholine rings is 1. The molecule has 7 nitrogen and oxygen atoms in total. The third-order valence-corrected chi connectivity index (χ3v) is 4.98. The van der Waals surface area contributed by atoms with Crippen molar-refractivity contribution in [3.63, 3.8) is 0 Å². The van der Waals surface area contributed by atoms with Crippen molar-refractivity contribution in [1.82, 2.24) is 5.32 Å². The van der Waals surface area contributed by atoms with E-state index in [2.05, 4.69) is 15.5 Å². The summed E-state index contributed by atoms with van der Waals surface area (Å²) in [5.41, 5.74) is 1.80. The molecule has 152 valence electrons. The lowest BCUT2D eigenvalue weighted by Crippen LogP contribution is -2.48. The first-order chi connectivity index (χ1) is 12.1. The van der Waals surface area contributed by atoms with E-state index in [1.165, 1.54) is 7.11 Å². The number of halogens is 2. The van der Waals surface area contributed by atoms with Crippen LogP contribution in [0, 0.1) is 11.8 Å². The second kappa shape index (κ2) is 10.7. The second-order valence-electron chi connectivity index (χ2n) is 6.52. The number of ether oxygens (including phenoxy) is 2. The lowest BCUT2D eigenvalue weighted by atomic mass is 9.88. The number of carbonyl (C=O) groups is 2. The van der Waals surface area contributed by atoms with Crippen molar-refractivity contribution in [3.05, 3.63) is 23.8 Å². The minimum absolute atomic E-state index is 0. The van der Waals surface area contributed by atoms with Crippen molar-refractivity contribution in [2.45, 2.75) is 6.92 Å². The van der Waals surface area contributed by atoms with Crippen LogP contribution >= 0.6 is 24.8 Å². The maximum absolute atomic E-state index is 12.5. The summed E-state index contributed by atoms with van der Waals surface area (Å²) in [7, 11) is 1.35. The van der Waals surface area contributed by atoms with E-state index in [0.717, 1.165) is 31.9 Å². The fourth-order valence-corrected chi connectivity index (χ4v) is 3.06. The van der Waals surface area contributed by atoms with Gasteiger partial charge in [0.05, 0.1) is 31.6 Å². The lowest BCUT2D eigenvalue weighted by Gasteiger charge is -2.32. The van der Waals surface area contributed by atoms with Gasteiger partial charge in [0, 0.05) is 24.7 Å². The van der Waals surface area contributed by atoms with E-state index < -0.39 is 5.97 Å². The molecule has 2 aliphatic heterocycles. The fraction of sp³-hybridized carbons (Fsp3) is 0.556. The SMILES string of the molecule is COC(=O)c1cc(N2CCOCC2)ccc1NC(=O)C(C)C1CNC1.Cl.Cl. The number of nitrogens with one attached hydrogen (secondary N) is 2. The van der Waals surface area contributed by atoms with Crippen molar-refractivity contribution in [2.75, 3.05) is 56.7 Å². The van der Waals surface area contributed by atoms with E-state index in [0.29, 0.717) is 30.4 Å². The van der Waals surface area contributed by atoms with Crippen LogP contribution < -0.4 is 15.5 Å². The number of anilines is 2. The quantitative estimate of drug-likeness (QED) is 0.709. The summed E-state index contributed by atoms with van der Waals surface area (Å²) in [6.07, 6.45) is 0. The van der Waals surface area contributed by atoms with Gasteiger partial charge in [0.25, 0.3) is 0 Å². The number of benzene rings is 1. The number of esters is 1. The molecule has 2 saturated heterocycles. The molecule has 3 rings (SSSR count). The fourth-order valence-electron chi connectivity index (χ4n) is 3.06. The normalized spacial score (nSPS) is 17.6. The molecule has 0 radical (unpaired) electrons. The van der Waals surface area contributed by atoms with Crippen LogP contribution in [0.25, 0.3) is 0 Å². The van der Waals surface area contributed by atoms with Crippen molar-refractivity contribution in [1.29, 1.82) is 0 Å². The average molecular weight is 420 g/mol. The zero-order valence-electron chi connectivity index (χ0n) is 15.5. The predicted molar refractivity (Wildman–Crippen MR) is 109 cm³/mol. The molecular formula is C18H27Cl2N3O4. The van der Waals surface area contributed by atoms with E-state index in [4.69, 9.17) is 9.47 Å². The van der Waals surface area contributed by atoms with Gasteiger partial charge in [-0.25, -0.2) is 4.79 Å². The first kappa shape index (κ1) is 23.5. The van der Waals surface area contributed by atoms with Crippen LogP contribution in [0.4, 0.5) is 11.4 Å². The summed E-state index contributed by atoms with van der Waals surface area (Å²) in [5, 5.41) is 6.07. The summed E-state index contributed by atoms with van der Waals surface area (Å²) in [6, 6.07) is 5.48. The van der Waals surface area contributed by atoms with Crippen LogP contribution in [-0.4, -0.2) is 58.4 Å². The highest BCUT2D eigenvalue weighted by Crippen LogP contribution is 2.26. The van der Waals surface area contributed by atoms with Crippen LogP contribution in [0.2, 0.25) is 0 Å². The van der Waals surface area contributed by atoms with E-state index in [1.54, 1.807) is 12.1 Å². The minimum Gasteiger partial charge on any atom is -0.465 e. The maximum atomic E-state index is 12.5. The van der Waals surface area contributed by atoms with E-state index in [9.17, 15) is 9.59 Å². The van der Waals surface area contributed by atoms with Gasteiger partial charge < -0.3 is 25.0 Å². The predicted octanol–water partition coefficient (Wildman–Crippen LogP) is 1.95. The molecular weight excluding hydrogens is 393 g/mol. The standard InChI is InChI=1S/C18H25N3O4.2ClH/c1-12(13-10-19-11-13)17(22)20-16-4-3-14(9-15(16)18(23)24-2)21-5-7-25-8-6-21;;/h3-4,9,12-13,19H,5-8,10-11H2,1-2H3,(H,20,22);2*1H. The summed E-state index contributed by atoms with van der Waals surface area (Å²) in [5.74, 6) is -0.293. The smallest absolute Gasteiger partial charge is 0.340 e. The third kappa shape index (κ3) is 5.48. The zero-order chi connectivity index (χ0) is 17.8. The zero-order valence-corrected chi connectivity index (χ0v) is 17.2. The molecule has 1 unspecified atom stereocenters. The number of nitrogens with zero attached hydrogens (tertiary/aromatic N) is 1. The summed E-state index contributed by atoms with van der Waals surface area (Å²) < 4.78 is 10.3. The molecule has 1 aromatic rings. The summed E-state index contributed by atoms with van der Waals surface area (Å²) >= 11 is 0. The van der Waals surface area contributed by atoms with E-state index >= 15 is 0 Å². The van der Waals surface area contributed by atoms with Gasteiger partial charge in [-0.1, -0.05) is 6.92 Å². The highest BCUT2D eigenvalue weighted by atomic mass is 35.5. The van der Waals surface area contributed by atoms with Crippen molar-refractivity contribution < 1.29 is 19.1 Å². The molecule has 0 aliphatic carbocycles. The Labute approximate surface area is 172 Å². The first-order valence-electron chi connectivity index (χ1n) is 8.67. The summed E-state index contributed by atoms with van der Waals surface area (Å²) in [6.45, 7) is 6.51. The molecule has 0 bridgehead atoms. The largest absolute Gasteiger partial charge is 0.465 e. The average Bonchev–Trinajstić information content (AvgIpc) is 2.60. The Hall–Kier alpha value is -1.54. The molecule has 2 heterocycles. The van der Waals surface area contributed by atoms with E-state index in [-0.39, 0.29) is 36.6 Å². The molecule has 0 aromatic heterocycles. The monoisotopic (exact) mass is 419 g/mol. The molecule has 1 atom stereocenters. The number of amides is 1. The van der Waals surface area contributed by atoms with Gasteiger partial charge in [-0.2, -0.15) is 0 Å². The third-order valence-electron chi connectivity index (χ3n) is 4.98. The van der Waals surface area contributed by atoms with Gasteiger partial charge in [0.1, 0.15) is 0 Å². The molecule has 2 aliphatic rings. The second-order valence-corrected chi connectivity index (χ2v) is 6.52. The van der Waals surface area contributed by atoms with E-state index in [1.807, 2.05) is 13.0 Å². The number of hydrogen-bond donors (Lipinski definition) is 2. The highest BCUT2D eigenvalue weighted by molar-refractivity contribution is 6.02. The molecule has 27 heavy (non-hydrogen) atoms. The highest BCUT2D eigenvalue weighted by Gasteiger charge is 2.29. The van der Waals surface area contributed by atoms with Crippen LogP contribution in [0.1, 0.15) is 17.3 Å². The Kier molecular flexibility index (Phi) is 9.32. The number of hydrogen-bond acceptors (Lipinski definition) is 6. The Balaban J connectivity index is 0.00000182. The van der Waals surface area contributed by atoms with Crippen molar-refractivity contribution >= 4 is 48.1 Å². The first-order valence-corrected chi connectivity index (χ1v) is 8.67. The topological polar surface area (TPSA) is 79.9 Å². The Morgan fingerprint density at radius 3 is 2.48 bits per heavy atom. The van der Waals surface area contributed by atoms with Gasteiger partial charge in [-0.05, 0) is 37.2 Å². The van der Waals surface area contributed by atoms with Crippen LogP contribution in [-0.2, 0) is 14.3 Å². The van der Waals surface area contributed by atoms with Crippen molar-refractivity contribution in [2.24, 2.45) is 11.8 Å². The maximum Gasteiger partial charge on any atom is 0.340 e. The summed E-state index contributed by atoms with van der Waals surface area (Å²) in [4.78, 5) is 26.8. The Bertz CT molecular complexity index is 649. The molecule has 2 fully saturated rings. The van der Waals surface area contributed by atoms with Gasteiger partial charge >= 0.3 is 5.97 Å². The molecule has 1 amide bonds. The Morgan fingerprint density at radius 2 is 1.93 bits per heavy atom. The van der Waals surface area contributed by atoms with Crippen LogP contribution in [0.5, 0.6) is 0 Å². The lowest BCUT2D eigenvalue weighted by molar-refractivity contribution is -0.121. The molecule has 1 aromatic carbocycles. The van der Waals surface area contributed by atoms with Gasteiger partial charge in [-0.3, -0.25) is 4.79 Å². The van der Waals surface area contributed by atoms with Crippen LogP contribution in [0.15, 0.2) is 18.2 Å². The van der Waals surface area contributed by atoms with Gasteiger partial charge in [-0.15, -0.1) is 24.8 Å². The number of carbonyl (C=O) groups excluding carboxylic acids is 2.